The number of H-pyrrole nitrogens is 1. The summed E-state index contributed by atoms with van der Waals surface area (Å²) in [5.41, 5.74) is 7.30. The van der Waals surface area contributed by atoms with Gasteiger partial charge in [-0.05, 0) is 19.4 Å². The number of aromatic amines is 1. The number of rotatable bonds is 3. The second kappa shape index (κ2) is 5.42. The van der Waals surface area contributed by atoms with E-state index < -0.39 is 0 Å². The summed E-state index contributed by atoms with van der Waals surface area (Å²) in [4.78, 5) is 21.5. The molecule has 5 heteroatoms. The second-order valence-corrected chi connectivity index (χ2v) is 4.48. The topological polar surface area (TPSA) is 75.0 Å². The van der Waals surface area contributed by atoms with Gasteiger partial charge in [-0.2, -0.15) is 0 Å². The van der Waals surface area contributed by atoms with E-state index in [1.54, 1.807) is 0 Å². The summed E-state index contributed by atoms with van der Waals surface area (Å²) in [6.07, 6.45) is 2.79. The number of aromatic nitrogens is 2. The third kappa shape index (κ3) is 2.73. The van der Waals surface area contributed by atoms with Crippen molar-refractivity contribution < 1.29 is 0 Å². The van der Waals surface area contributed by atoms with Gasteiger partial charge in [-0.1, -0.05) is 6.92 Å². The molecular weight excluding hydrogens is 216 g/mol. The highest BCUT2D eigenvalue weighted by Gasteiger charge is 2.17. The third-order valence-electron chi connectivity index (χ3n) is 3.23. The van der Waals surface area contributed by atoms with E-state index in [0.717, 1.165) is 50.2 Å². The van der Waals surface area contributed by atoms with E-state index >= 15 is 0 Å². The quantitative estimate of drug-likeness (QED) is 0.777. The van der Waals surface area contributed by atoms with Crippen LogP contribution < -0.4 is 11.3 Å². The largest absolute Gasteiger partial charge is 0.324 e. The highest BCUT2D eigenvalue weighted by molar-refractivity contribution is 5.20. The molecule has 5 nitrogen and oxygen atoms in total. The van der Waals surface area contributed by atoms with Crippen molar-refractivity contribution in [2.24, 2.45) is 5.73 Å². The summed E-state index contributed by atoms with van der Waals surface area (Å²) in [5.74, 6) is 0.595. The Bertz CT molecular complexity index is 441. The van der Waals surface area contributed by atoms with Crippen LogP contribution in [0.1, 0.15) is 30.4 Å². The maximum atomic E-state index is 11.9. The Kier molecular flexibility index (Phi) is 3.91. The minimum atomic E-state index is -0.00574. The van der Waals surface area contributed by atoms with E-state index in [-0.39, 0.29) is 5.56 Å². The van der Waals surface area contributed by atoms with Crippen LogP contribution in [0.2, 0.25) is 0 Å². The molecule has 1 aliphatic heterocycles. The van der Waals surface area contributed by atoms with Gasteiger partial charge in [-0.15, -0.1) is 0 Å². The molecule has 94 valence electrons. The Hall–Kier alpha value is -1.20. The molecule has 0 amide bonds. The molecule has 0 aliphatic carbocycles. The lowest BCUT2D eigenvalue weighted by molar-refractivity contribution is 0.287. The van der Waals surface area contributed by atoms with Gasteiger partial charge < -0.3 is 15.6 Å². The van der Waals surface area contributed by atoms with Gasteiger partial charge >= 0.3 is 0 Å². The Morgan fingerprint density at radius 2 is 2.18 bits per heavy atom. The Morgan fingerprint density at radius 1 is 1.41 bits per heavy atom. The van der Waals surface area contributed by atoms with Crippen molar-refractivity contribution in [2.75, 3.05) is 19.6 Å². The van der Waals surface area contributed by atoms with E-state index in [2.05, 4.69) is 21.8 Å². The molecule has 1 aromatic heterocycles. The molecule has 3 N–H and O–H groups in total. The normalized spacial score (nSPS) is 16.6. The first-order valence-electron chi connectivity index (χ1n) is 6.28. The molecular formula is C12H20N4O. The molecule has 0 radical (unpaired) electrons. The zero-order valence-electron chi connectivity index (χ0n) is 10.3. The molecule has 0 atom stereocenters. The lowest BCUT2D eigenvalue weighted by atomic mass is 10.1. The minimum Gasteiger partial charge on any atom is -0.324 e. The third-order valence-corrected chi connectivity index (χ3v) is 3.23. The van der Waals surface area contributed by atoms with E-state index in [0.29, 0.717) is 12.4 Å². The number of fused-ring (bicyclic) bond motifs is 1. The SMILES string of the molecule is CCCN1CCc2nc(CN)[nH]c(=O)c2CC1. The van der Waals surface area contributed by atoms with Crippen molar-refractivity contribution in [3.05, 3.63) is 27.4 Å². The van der Waals surface area contributed by atoms with Gasteiger partial charge in [0, 0.05) is 25.1 Å². The molecule has 1 aliphatic rings. The molecule has 2 heterocycles. The fourth-order valence-electron chi connectivity index (χ4n) is 2.34. The van der Waals surface area contributed by atoms with Gasteiger partial charge in [0.25, 0.3) is 5.56 Å². The Morgan fingerprint density at radius 3 is 2.88 bits per heavy atom. The van der Waals surface area contributed by atoms with Crippen LogP contribution in [0.15, 0.2) is 4.79 Å². The highest BCUT2D eigenvalue weighted by atomic mass is 16.1. The molecule has 17 heavy (non-hydrogen) atoms. The van der Waals surface area contributed by atoms with E-state index in [9.17, 15) is 4.79 Å². The van der Waals surface area contributed by atoms with Crippen LogP contribution in [0.4, 0.5) is 0 Å². The van der Waals surface area contributed by atoms with Crippen molar-refractivity contribution in [3.8, 4) is 0 Å². The predicted octanol–water partition coefficient (Wildman–Crippen LogP) is 0.0392. The van der Waals surface area contributed by atoms with Crippen LogP contribution >= 0.6 is 0 Å². The first kappa shape index (κ1) is 12.3. The molecule has 0 unspecified atom stereocenters. The summed E-state index contributed by atoms with van der Waals surface area (Å²) in [7, 11) is 0. The standard InChI is InChI=1S/C12H20N4O/c1-2-5-16-6-3-9-10(4-7-16)14-11(8-13)15-12(9)17/h2-8,13H2,1H3,(H,14,15,17). The smallest absolute Gasteiger partial charge is 0.254 e. The van der Waals surface area contributed by atoms with Crippen molar-refractivity contribution in [1.29, 1.82) is 0 Å². The maximum absolute atomic E-state index is 11.9. The van der Waals surface area contributed by atoms with Crippen molar-refractivity contribution >= 4 is 0 Å². The average molecular weight is 236 g/mol. The molecule has 2 rings (SSSR count). The summed E-state index contributed by atoms with van der Waals surface area (Å²) < 4.78 is 0. The fourth-order valence-corrected chi connectivity index (χ4v) is 2.34. The summed E-state index contributed by atoms with van der Waals surface area (Å²) in [5, 5.41) is 0. The summed E-state index contributed by atoms with van der Waals surface area (Å²) >= 11 is 0. The highest BCUT2D eigenvalue weighted by Crippen LogP contribution is 2.10. The second-order valence-electron chi connectivity index (χ2n) is 4.48. The number of nitrogens with two attached hydrogens (primary N) is 1. The minimum absolute atomic E-state index is 0.00574. The van der Waals surface area contributed by atoms with Crippen LogP contribution in [0.5, 0.6) is 0 Å². The van der Waals surface area contributed by atoms with Gasteiger partial charge in [0.1, 0.15) is 5.82 Å². The Balaban J connectivity index is 2.24. The molecule has 1 aromatic rings. The zero-order chi connectivity index (χ0) is 12.3. The van der Waals surface area contributed by atoms with Gasteiger partial charge in [0.05, 0.1) is 12.2 Å². The monoisotopic (exact) mass is 236 g/mol. The van der Waals surface area contributed by atoms with Crippen LogP contribution in [0.25, 0.3) is 0 Å². The van der Waals surface area contributed by atoms with E-state index in [1.165, 1.54) is 0 Å². The average Bonchev–Trinajstić information content (AvgIpc) is 2.53. The van der Waals surface area contributed by atoms with E-state index in [1.807, 2.05) is 0 Å². The van der Waals surface area contributed by atoms with Crippen LogP contribution in [0, 0.1) is 0 Å². The molecule has 0 aromatic carbocycles. The first-order chi connectivity index (χ1) is 8.24. The van der Waals surface area contributed by atoms with Gasteiger partial charge in [-0.3, -0.25) is 4.79 Å². The zero-order valence-corrected chi connectivity index (χ0v) is 10.3. The fraction of sp³-hybridized carbons (Fsp3) is 0.667. The van der Waals surface area contributed by atoms with Gasteiger partial charge in [-0.25, -0.2) is 4.98 Å². The summed E-state index contributed by atoms with van der Waals surface area (Å²) in [6.45, 7) is 5.50. The summed E-state index contributed by atoms with van der Waals surface area (Å²) in [6, 6.07) is 0. The first-order valence-corrected chi connectivity index (χ1v) is 6.28. The Labute approximate surface area is 101 Å². The molecule has 0 saturated carbocycles. The van der Waals surface area contributed by atoms with Crippen LogP contribution in [0.3, 0.4) is 0 Å². The lowest BCUT2D eigenvalue weighted by Gasteiger charge is -2.17. The lowest BCUT2D eigenvalue weighted by Crippen LogP contribution is -2.27. The van der Waals surface area contributed by atoms with Crippen molar-refractivity contribution in [2.45, 2.75) is 32.7 Å². The number of nitrogens with zero attached hydrogens (tertiary/aromatic N) is 2. The van der Waals surface area contributed by atoms with Gasteiger partial charge in [0.2, 0.25) is 0 Å². The predicted molar refractivity (Wildman–Crippen MR) is 66.9 cm³/mol. The molecule has 0 bridgehead atoms. The van der Waals surface area contributed by atoms with Crippen molar-refractivity contribution in [1.82, 2.24) is 14.9 Å². The van der Waals surface area contributed by atoms with Crippen molar-refractivity contribution in [3.63, 3.8) is 0 Å². The molecule has 0 fully saturated rings. The van der Waals surface area contributed by atoms with Gasteiger partial charge in [0.15, 0.2) is 0 Å². The number of hydrogen-bond acceptors (Lipinski definition) is 4. The van der Waals surface area contributed by atoms with Crippen LogP contribution in [-0.4, -0.2) is 34.5 Å². The molecule has 0 saturated heterocycles. The molecule has 0 spiro atoms. The maximum Gasteiger partial charge on any atom is 0.254 e. The van der Waals surface area contributed by atoms with Crippen LogP contribution in [-0.2, 0) is 19.4 Å². The van der Waals surface area contributed by atoms with E-state index in [4.69, 9.17) is 5.73 Å². The number of nitrogens with one attached hydrogen (secondary N) is 1. The number of hydrogen-bond donors (Lipinski definition) is 2.